The Bertz CT molecular complexity index is 1030. The van der Waals surface area contributed by atoms with Crippen molar-refractivity contribution in [3.8, 4) is 0 Å². The van der Waals surface area contributed by atoms with Crippen LogP contribution >= 0.6 is 0 Å². The van der Waals surface area contributed by atoms with Crippen LogP contribution < -0.4 is 10.9 Å². The van der Waals surface area contributed by atoms with Crippen molar-refractivity contribution in [2.45, 2.75) is 12.5 Å². The number of nitrogens with zero attached hydrogens (tertiary/aromatic N) is 2. The molecule has 1 amide bonds. The van der Waals surface area contributed by atoms with Gasteiger partial charge in [-0.25, -0.2) is 4.68 Å². The monoisotopic (exact) mass is 351 g/mol. The minimum absolute atomic E-state index is 0.0778. The summed E-state index contributed by atoms with van der Waals surface area (Å²) in [7, 11) is 1.47. The van der Waals surface area contributed by atoms with Gasteiger partial charge in [0.25, 0.3) is 11.5 Å². The molecule has 26 heavy (non-hydrogen) atoms. The predicted molar refractivity (Wildman–Crippen MR) is 95.9 cm³/mol. The van der Waals surface area contributed by atoms with Gasteiger partial charge in [0, 0.05) is 12.4 Å². The molecule has 0 aliphatic rings. The van der Waals surface area contributed by atoms with Crippen molar-refractivity contribution in [2.24, 2.45) is 7.05 Å². The van der Waals surface area contributed by atoms with Gasteiger partial charge in [-0.05, 0) is 11.6 Å². The number of hydrogen-bond acceptors (Lipinski definition) is 4. The fourth-order valence-electron chi connectivity index (χ4n) is 2.81. The number of rotatable bonds is 5. The van der Waals surface area contributed by atoms with Crippen molar-refractivity contribution in [1.82, 2.24) is 15.1 Å². The molecule has 0 radical (unpaired) electrons. The van der Waals surface area contributed by atoms with E-state index in [-0.39, 0.29) is 17.7 Å². The Hall–Kier alpha value is -3.48. The maximum atomic E-state index is 12.8. The Kier molecular flexibility index (Phi) is 4.79. The normalized spacial score (nSPS) is 11.9. The second-order valence-corrected chi connectivity index (χ2v) is 5.86. The number of benzene rings is 2. The van der Waals surface area contributed by atoms with Crippen LogP contribution in [0.15, 0.2) is 59.4 Å². The first-order valence-electron chi connectivity index (χ1n) is 8.01. The highest BCUT2D eigenvalue weighted by Crippen LogP contribution is 2.19. The average Bonchev–Trinajstić information content (AvgIpc) is 2.64. The highest BCUT2D eigenvalue weighted by atomic mass is 16.4. The number of carboxylic acids is 1. The summed E-state index contributed by atoms with van der Waals surface area (Å²) in [6, 6.07) is 14.8. The third kappa shape index (κ3) is 3.46. The lowest BCUT2D eigenvalue weighted by Crippen LogP contribution is -2.33. The first kappa shape index (κ1) is 17.3. The molecule has 0 saturated carbocycles. The van der Waals surface area contributed by atoms with Crippen molar-refractivity contribution >= 4 is 22.6 Å². The van der Waals surface area contributed by atoms with Crippen LogP contribution in [0.3, 0.4) is 0 Å². The number of carbonyl (C=O) groups is 2. The molecular weight excluding hydrogens is 334 g/mol. The topological polar surface area (TPSA) is 101 Å². The van der Waals surface area contributed by atoms with E-state index in [1.54, 1.807) is 48.5 Å². The molecule has 0 saturated heterocycles. The Labute approximate surface area is 148 Å². The smallest absolute Gasteiger partial charge is 0.305 e. The Morgan fingerprint density at radius 2 is 1.69 bits per heavy atom. The van der Waals surface area contributed by atoms with Gasteiger partial charge in [0.05, 0.1) is 17.8 Å². The summed E-state index contributed by atoms with van der Waals surface area (Å²) < 4.78 is 1.10. The summed E-state index contributed by atoms with van der Waals surface area (Å²) in [5.41, 5.74) is 0.452. The SMILES string of the molecule is Cn1nc(C(=O)N[C@@H](CC(=O)O)c2ccccc2)c2ccccc2c1=O. The van der Waals surface area contributed by atoms with Gasteiger partial charge in [0.2, 0.25) is 0 Å². The fraction of sp³-hybridized carbons (Fsp3) is 0.158. The zero-order valence-corrected chi connectivity index (χ0v) is 14.0. The summed E-state index contributed by atoms with van der Waals surface area (Å²) in [5, 5.41) is 16.8. The van der Waals surface area contributed by atoms with Crippen molar-refractivity contribution in [3.63, 3.8) is 0 Å². The number of aryl methyl sites for hydroxylation is 1. The first-order chi connectivity index (χ1) is 12.5. The zero-order valence-electron chi connectivity index (χ0n) is 14.0. The fourth-order valence-corrected chi connectivity index (χ4v) is 2.81. The highest BCUT2D eigenvalue weighted by Gasteiger charge is 2.22. The van der Waals surface area contributed by atoms with Crippen LogP contribution in [0, 0.1) is 0 Å². The van der Waals surface area contributed by atoms with Gasteiger partial charge >= 0.3 is 5.97 Å². The van der Waals surface area contributed by atoms with Gasteiger partial charge < -0.3 is 10.4 Å². The second kappa shape index (κ2) is 7.18. The van der Waals surface area contributed by atoms with Crippen LogP contribution in [0.25, 0.3) is 10.8 Å². The van der Waals surface area contributed by atoms with Crippen molar-refractivity contribution < 1.29 is 14.7 Å². The minimum Gasteiger partial charge on any atom is -0.481 e. The quantitative estimate of drug-likeness (QED) is 0.731. The first-order valence-corrected chi connectivity index (χ1v) is 8.01. The number of aromatic nitrogens is 2. The Balaban J connectivity index is 2.01. The molecule has 3 aromatic rings. The molecule has 0 unspecified atom stereocenters. The molecule has 0 fully saturated rings. The number of fused-ring (bicyclic) bond motifs is 1. The van der Waals surface area contributed by atoms with E-state index in [0.29, 0.717) is 16.3 Å². The van der Waals surface area contributed by atoms with Crippen molar-refractivity contribution in [2.75, 3.05) is 0 Å². The highest BCUT2D eigenvalue weighted by molar-refractivity contribution is 6.05. The van der Waals surface area contributed by atoms with Gasteiger partial charge in [-0.3, -0.25) is 14.4 Å². The van der Waals surface area contributed by atoms with Crippen LogP contribution in [0.4, 0.5) is 0 Å². The van der Waals surface area contributed by atoms with E-state index >= 15 is 0 Å². The molecule has 0 aliphatic carbocycles. The lowest BCUT2D eigenvalue weighted by molar-refractivity contribution is -0.137. The molecular formula is C19H17N3O4. The molecule has 0 spiro atoms. The standard InChI is InChI=1S/C19H17N3O4/c1-22-19(26)14-10-6-5-9-13(14)17(21-22)18(25)20-15(11-16(23)24)12-7-3-2-4-8-12/h2-10,15H,11H2,1H3,(H,20,25)(H,23,24)/t15-/m0/s1. The van der Waals surface area contributed by atoms with Gasteiger partial charge in [0.1, 0.15) is 0 Å². The molecule has 0 aliphatic heterocycles. The van der Waals surface area contributed by atoms with Gasteiger partial charge in [-0.1, -0.05) is 48.5 Å². The minimum atomic E-state index is -1.03. The van der Waals surface area contributed by atoms with Crippen LogP contribution in [-0.4, -0.2) is 26.8 Å². The Morgan fingerprint density at radius 1 is 1.08 bits per heavy atom. The van der Waals surface area contributed by atoms with E-state index in [9.17, 15) is 14.4 Å². The number of carbonyl (C=O) groups excluding carboxylic acids is 1. The number of carboxylic acid groups (broad SMARTS) is 1. The number of nitrogens with one attached hydrogen (secondary N) is 1. The lowest BCUT2D eigenvalue weighted by atomic mass is 10.0. The Morgan fingerprint density at radius 3 is 2.35 bits per heavy atom. The van der Waals surface area contributed by atoms with E-state index in [0.717, 1.165) is 4.68 Å². The predicted octanol–water partition coefficient (Wildman–Crippen LogP) is 1.88. The molecule has 0 bridgehead atoms. The van der Waals surface area contributed by atoms with Crippen LogP contribution in [0.2, 0.25) is 0 Å². The third-order valence-corrected chi connectivity index (χ3v) is 4.06. The summed E-state index contributed by atoms with van der Waals surface area (Å²) in [5.74, 6) is -1.57. The molecule has 1 heterocycles. The van der Waals surface area contributed by atoms with E-state index < -0.39 is 17.9 Å². The second-order valence-electron chi connectivity index (χ2n) is 5.86. The van der Waals surface area contributed by atoms with Crippen LogP contribution in [-0.2, 0) is 11.8 Å². The number of amides is 1. The van der Waals surface area contributed by atoms with E-state index in [4.69, 9.17) is 5.11 Å². The summed E-state index contributed by atoms with van der Waals surface area (Å²) in [6.45, 7) is 0. The average molecular weight is 351 g/mol. The summed E-state index contributed by atoms with van der Waals surface area (Å²) >= 11 is 0. The third-order valence-electron chi connectivity index (χ3n) is 4.06. The zero-order chi connectivity index (χ0) is 18.7. The molecule has 2 aromatic carbocycles. The molecule has 3 rings (SSSR count). The maximum Gasteiger partial charge on any atom is 0.305 e. The summed E-state index contributed by atoms with van der Waals surface area (Å²) in [6.07, 6.45) is -0.264. The maximum absolute atomic E-state index is 12.8. The van der Waals surface area contributed by atoms with Crippen LogP contribution in [0.5, 0.6) is 0 Å². The largest absolute Gasteiger partial charge is 0.481 e. The van der Waals surface area contributed by atoms with Gasteiger partial charge in [-0.2, -0.15) is 5.10 Å². The molecule has 7 heteroatoms. The summed E-state index contributed by atoms with van der Waals surface area (Å²) in [4.78, 5) is 36.2. The van der Waals surface area contributed by atoms with Crippen molar-refractivity contribution in [1.29, 1.82) is 0 Å². The van der Waals surface area contributed by atoms with E-state index in [1.807, 2.05) is 6.07 Å². The molecule has 1 atom stereocenters. The van der Waals surface area contributed by atoms with Gasteiger partial charge in [0.15, 0.2) is 5.69 Å². The number of hydrogen-bond donors (Lipinski definition) is 2. The molecule has 2 N–H and O–H groups in total. The van der Waals surface area contributed by atoms with E-state index in [2.05, 4.69) is 10.4 Å². The van der Waals surface area contributed by atoms with Crippen LogP contribution in [0.1, 0.15) is 28.5 Å². The molecule has 7 nitrogen and oxygen atoms in total. The van der Waals surface area contributed by atoms with Gasteiger partial charge in [-0.15, -0.1) is 0 Å². The lowest BCUT2D eigenvalue weighted by Gasteiger charge is -2.18. The van der Waals surface area contributed by atoms with Crippen molar-refractivity contribution in [3.05, 3.63) is 76.2 Å². The number of aliphatic carboxylic acids is 1. The molecule has 1 aromatic heterocycles. The van der Waals surface area contributed by atoms with E-state index in [1.165, 1.54) is 7.05 Å². The molecule has 132 valence electrons.